The second-order valence-electron chi connectivity index (χ2n) is 13.3. The Morgan fingerprint density at radius 1 is 0.457 bits per heavy atom. The lowest BCUT2D eigenvalue weighted by Crippen LogP contribution is -2.53. The van der Waals surface area contributed by atoms with Gasteiger partial charge in [-0.2, -0.15) is 0 Å². The van der Waals surface area contributed by atoms with Crippen LogP contribution in [-0.2, 0) is 21.3 Å². The first-order valence-corrected chi connectivity index (χ1v) is 16.3. The van der Waals surface area contributed by atoms with Gasteiger partial charge in [0.25, 0.3) is 0 Å². The number of benzene rings is 6. The lowest BCUT2D eigenvalue weighted by molar-refractivity contribution is -0.265. The van der Waals surface area contributed by atoms with Crippen molar-refractivity contribution in [3.8, 4) is 0 Å². The Labute approximate surface area is 273 Å². The van der Waals surface area contributed by atoms with Crippen molar-refractivity contribution in [1.82, 2.24) is 5.06 Å². The minimum absolute atomic E-state index is 0.0742. The number of hydrogen-bond donors (Lipinski definition) is 0. The van der Waals surface area contributed by atoms with Crippen molar-refractivity contribution in [3.05, 3.63) is 214 Å². The van der Waals surface area contributed by atoms with Crippen molar-refractivity contribution in [2.45, 2.75) is 50.3 Å². The van der Waals surface area contributed by atoms with Gasteiger partial charge in [0.1, 0.15) is 17.2 Å². The van der Waals surface area contributed by atoms with Crippen molar-refractivity contribution in [1.29, 1.82) is 0 Å². The maximum Gasteiger partial charge on any atom is 0.123 e. The van der Waals surface area contributed by atoms with Crippen LogP contribution in [0.5, 0.6) is 0 Å². The van der Waals surface area contributed by atoms with E-state index in [1.807, 2.05) is 0 Å². The van der Waals surface area contributed by atoms with Gasteiger partial charge in [-0.1, -0.05) is 191 Å². The molecule has 1 aliphatic rings. The van der Waals surface area contributed by atoms with Crippen molar-refractivity contribution in [3.63, 3.8) is 0 Å². The molecule has 1 heterocycles. The molecule has 2 heteroatoms. The van der Waals surface area contributed by atoms with Crippen molar-refractivity contribution >= 4 is 0 Å². The first kappa shape index (κ1) is 29.9. The summed E-state index contributed by atoms with van der Waals surface area (Å²) in [6.07, 6.45) is -0.248. The van der Waals surface area contributed by atoms with Gasteiger partial charge in [-0.25, -0.2) is 0 Å². The molecule has 228 valence electrons. The average Bonchev–Trinajstić information content (AvgIpc) is 3.37. The van der Waals surface area contributed by atoms with Gasteiger partial charge >= 0.3 is 0 Å². The molecule has 1 aliphatic heterocycles. The lowest BCUT2D eigenvalue weighted by Gasteiger charge is -2.48. The van der Waals surface area contributed by atoms with Gasteiger partial charge in [0.05, 0.1) is 0 Å². The van der Waals surface area contributed by atoms with E-state index in [2.05, 4.69) is 203 Å². The number of hydrogen-bond acceptors (Lipinski definition) is 2. The highest BCUT2D eigenvalue weighted by atomic mass is 16.7. The molecule has 0 spiro atoms. The summed E-state index contributed by atoms with van der Waals surface area (Å²) in [6, 6.07) is 61.3. The zero-order valence-corrected chi connectivity index (χ0v) is 27.1. The fraction of sp³-hybridized carbons (Fsp3) is 0.182. The van der Waals surface area contributed by atoms with E-state index in [9.17, 15) is 0 Å². The van der Waals surface area contributed by atoms with Gasteiger partial charge in [0.2, 0.25) is 0 Å². The summed E-state index contributed by atoms with van der Waals surface area (Å²) in [7, 11) is 0. The van der Waals surface area contributed by atoms with E-state index in [0.717, 1.165) is 27.8 Å². The van der Waals surface area contributed by atoms with Crippen LogP contribution in [-0.4, -0.2) is 5.06 Å². The van der Waals surface area contributed by atoms with Crippen LogP contribution in [0.15, 0.2) is 170 Å². The zero-order valence-electron chi connectivity index (χ0n) is 27.1. The van der Waals surface area contributed by atoms with Crippen LogP contribution in [0.4, 0.5) is 0 Å². The molecular weight excluding hydrogens is 558 g/mol. The van der Waals surface area contributed by atoms with Crippen LogP contribution in [0.3, 0.4) is 0 Å². The summed E-state index contributed by atoms with van der Waals surface area (Å²) < 4.78 is 0. The molecule has 6 aromatic rings. The van der Waals surface area contributed by atoms with Gasteiger partial charge in [-0.05, 0) is 56.8 Å². The number of fused-ring (bicyclic) bond motifs is 1. The van der Waals surface area contributed by atoms with E-state index >= 15 is 0 Å². The predicted molar refractivity (Wildman–Crippen MR) is 188 cm³/mol. The van der Waals surface area contributed by atoms with Gasteiger partial charge < -0.3 is 0 Å². The quantitative estimate of drug-likeness (QED) is 0.181. The molecule has 0 N–H and O–H groups in total. The molecular formula is C44H41NO. The van der Waals surface area contributed by atoms with E-state index < -0.39 is 11.1 Å². The topological polar surface area (TPSA) is 12.5 Å². The monoisotopic (exact) mass is 599 g/mol. The lowest BCUT2D eigenvalue weighted by atomic mass is 9.76. The molecule has 0 aliphatic carbocycles. The standard InChI is InChI=1S/C44H41NO/c1-33(34-29-31-35(32-30-34)42(2,3)4)46-45-43(36-19-9-5-10-20-36,37-21-11-6-12-22-37)40-27-17-18-28-41(40)44(45,38-23-13-7-14-24-38)39-25-15-8-16-26-39/h5-33H,1-4H3. The summed E-state index contributed by atoms with van der Waals surface area (Å²) in [6.45, 7) is 8.94. The van der Waals surface area contributed by atoms with E-state index in [-0.39, 0.29) is 11.5 Å². The van der Waals surface area contributed by atoms with Crippen LogP contribution in [0, 0.1) is 0 Å². The molecule has 0 radical (unpaired) electrons. The Morgan fingerprint density at radius 2 is 0.783 bits per heavy atom. The largest absolute Gasteiger partial charge is 0.288 e. The zero-order chi connectivity index (χ0) is 31.8. The van der Waals surface area contributed by atoms with E-state index in [1.54, 1.807) is 0 Å². The summed E-state index contributed by atoms with van der Waals surface area (Å²) in [5.41, 5.74) is 7.98. The second kappa shape index (κ2) is 11.9. The molecule has 0 saturated carbocycles. The molecule has 0 aromatic heterocycles. The van der Waals surface area contributed by atoms with Gasteiger partial charge in [0.15, 0.2) is 0 Å². The average molecular weight is 600 g/mol. The molecule has 1 unspecified atom stereocenters. The van der Waals surface area contributed by atoms with Crippen LogP contribution in [0.25, 0.3) is 0 Å². The molecule has 7 rings (SSSR count). The van der Waals surface area contributed by atoms with Gasteiger partial charge in [-0.3, -0.25) is 4.84 Å². The normalized spacial score (nSPS) is 16.1. The first-order valence-electron chi connectivity index (χ1n) is 16.3. The minimum Gasteiger partial charge on any atom is -0.288 e. The summed E-state index contributed by atoms with van der Waals surface area (Å²) in [5.74, 6) is 0. The summed E-state index contributed by atoms with van der Waals surface area (Å²) in [4.78, 5) is 7.59. The SMILES string of the molecule is CC(ON1C(c2ccccc2)(c2ccccc2)c2ccccc2C1(c1ccccc1)c1ccccc1)c1ccc(C(C)(C)C)cc1. The number of rotatable bonds is 7. The molecule has 6 aromatic carbocycles. The fourth-order valence-electron chi connectivity index (χ4n) is 7.36. The third kappa shape index (κ3) is 4.72. The van der Waals surface area contributed by atoms with Gasteiger partial charge in [-0.15, -0.1) is 5.06 Å². The Morgan fingerprint density at radius 3 is 1.11 bits per heavy atom. The fourth-order valence-corrected chi connectivity index (χ4v) is 7.36. The Hall–Kier alpha value is -4.76. The third-order valence-electron chi connectivity index (χ3n) is 9.59. The third-order valence-corrected chi connectivity index (χ3v) is 9.59. The minimum atomic E-state index is -0.773. The number of hydroxylamine groups is 2. The Balaban J connectivity index is 1.57. The maximum absolute atomic E-state index is 7.59. The molecule has 1 atom stereocenters. The number of nitrogens with zero attached hydrogens (tertiary/aromatic N) is 1. The maximum atomic E-state index is 7.59. The smallest absolute Gasteiger partial charge is 0.123 e. The molecule has 46 heavy (non-hydrogen) atoms. The van der Waals surface area contributed by atoms with Crippen LogP contribution < -0.4 is 0 Å². The second-order valence-corrected chi connectivity index (χ2v) is 13.3. The summed E-state index contributed by atoms with van der Waals surface area (Å²) in [5, 5.41) is 2.34. The van der Waals surface area contributed by atoms with E-state index in [1.165, 1.54) is 16.7 Å². The molecule has 0 amide bonds. The summed E-state index contributed by atoms with van der Waals surface area (Å²) >= 11 is 0. The molecule has 0 bridgehead atoms. The molecule has 0 saturated heterocycles. The molecule has 2 nitrogen and oxygen atoms in total. The first-order chi connectivity index (χ1) is 22.4. The highest BCUT2D eigenvalue weighted by Gasteiger charge is 2.63. The highest BCUT2D eigenvalue weighted by Crippen LogP contribution is 2.61. The van der Waals surface area contributed by atoms with Gasteiger partial charge in [0, 0.05) is 0 Å². The Bertz CT molecular complexity index is 1700. The van der Waals surface area contributed by atoms with Crippen LogP contribution in [0.1, 0.15) is 78.3 Å². The van der Waals surface area contributed by atoms with Crippen LogP contribution in [0.2, 0.25) is 0 Å². The highest BCUT2D eigenvalue weighted by molar-refractivity contribution is 5.65. The van der Waals surface area contributed by atoms with Crippen molar-refractivity contribution < 1.29 is 4.84 Å². The van der Waals surface area contributed by atoms with E-state index in [0.29, 0.717) is 0 Å². The van der Waals surface area contributed by atoms with Crippen molar-refractivity contribution in [2.75, 3.05) is 0 Å². The Kier molecular flexibility index (Phi) is 7.72. The van der Waals surface area contributed by atoms with E-state index in [4.69, 9.17) is 4.84 Å². The molecule has 0 fully saturated rings. The van der Waals surface area contributed by atoms with Crippen molar-refractivity contribution in [2.24, 2.45) is 0 Å². The van der Waals surface area contributed by atoms with Crippen LogP contribution >= 0.6 is 0 Å². The predicted octanol–water partition coefficient (Wildman–Crippen LogP) is 10.6.